The summed E-state index contributed by atoms with van der Waals surface area (Å²) in [6.07, 6.45) is 0. The van der Waals surface area contributed by atoms with Crippen molar-refractivity contribution in [3.8, 4) is 5.75 Å². The first-order chi connectivity index (χ1) is 8.93. The molecule has 0 spiro atoms. The highest BCUT2D eigenvalue weighted by Crippen LogP contribution is 2.35. The molecule has 0 aliphatic carbocycles. The fourth-order valence-electron chi connectivity index (χ4n) is 1.87. The summed E-state index contributed by atoms with van der Waals surface area (Å²) in [5.74, 6) is 0.672. The van der Waals surface area contributed by atoms with E-state index in [2.05, 4.69) is 6.58 Å². The van der Waals surface area contributed by atoms with Crippen LogP contribution in [0.15, 0.2) is 29.2 Å². The Hall–Kier alpha value is -1.33. The minimum Gasteiger partial charge on any atom is -0.489 e. The molecule has 0 saturated heterocycles. The Kier molecular flexibility index (Phi) is 4.66. The molecule has 0 amide bonds. The SMILES string of the molecule is C=C(C)COc1cc(C)c(S(N)(=O)=O)cc1C(C)(C)C. The molecule has 1 aromatic rings. The predicted molar refractivity (Wildman–Crippen MR) is 81.6 cm³/mol. The maximum atomic E-state index is 11.6. The summed E-state index contributed by atoms with van der Waals surface area (Å²) in [5, 5.41) is 5.26. The third kappa shape index (κ3) is 4.08. The van der Waals surface area contributed by atoms with Crippen molar-refractivity contribution in [1.29, 1.82) is 0 Å². The summed E-state index contributed by atoms with van der Waals surface area (Å²) < 4.78 is 29.0. The quantitative estimate of drug-likeness (QED) is 0.869. The Balaban J connectivity index is 3.45. The van der Waals surface area contributed by atoms with Crippen molar-refractivity contribution in [2.75, 3.05) is 6.61 Å². The van der Waals surface area contributed by atoms with E-state index in [9.17, 15) is 8.42 Å². The van der Waals surface area contributed by atoms with Crippen molar-refractivity contribution in [3.05, 3.63) is 35.4 Å². The van der Waals surface area contributed by atoms with Crippen molar-refractivity contribution in [3.63, 3.8) is 0 Å². The van der Waals surface area contributed by atoms with Crippen LogP contribution < -0.4 is 9.88 Å². The molecule has 0 unspecified atom stereocenters. The van der Waals surface area contributed by atoms with E-state index >= 15 is 0 Å². The van der Waals surface area contributed by atoms with Gasteiger partial charge in [-0.05, 0) is 42.5 Å². The average Bonchev–Trinajstić information content (AvgIpc) is 2.22. The van der Waals surface area contributed by atoms with Gasteiger partial charge < -0.3 is 4.74 Å². The zero-order valence-electron chi connectivity index (χ0n) is 12.8. The van der Waals surface area contributed by atoms with E-state index in [0.29, 0.717) is 17.9 Å². The molecule has 0 radical (unpaired) electrons. The van der Waals surface area contributed by atoms with Crippen LogP contribution in [0.4, 0.5) is 0 Å². The molecule has 2 N–H and O–H groups in total. The molecule has 0 fully saturated rings. The minimum atomic E-state index is -3.74. The lowest BCUT2D eigenvalue weighted by molar-refractivity contribution is 0.340. The predicted octanol–water partition coefficient (Wildman–Crippen LogP) is 2.89. The Bertz CT molecular complexity index is 625. The Morgan fingerprint density at radius 1 is 1.35 bits per heavy atom. The second-order valence-electron chi connectivity index (χ2n) is 6.15. The van der Waals surface area contributed by atoms with Gasteiger partial charge in [-0.1, -0.05) is 27.4 Å². The number of hydrogen-bond acceptors (Lipinski definition) is 3. The smallest absolute Gasteiger partial charge is 0.238 e. The van der Waals surface area contributed by atoms with Gasteiger partial charge in [0.15, 0.2) is 0 Å². The third-order valence-electron chi connectivity index (χ3n) is 2.87. The lowest BCUT2D eigenvalue weighted by Crippen LogP contribution is -2.19. The van der Waals surface area contributed by atoms with Gasteiger partial charge in [-0.15, -0.1) is 0 Å². The highest BCUT2D eigenvalue weighted by atomic mass is 32.2. The van der Waals surface area contributed by atoms with Crippen LogP contribution in [-0.2, 0) is 15.4 Å². The molecule has 0 atom stereocenters. The number of hydrogen-bond donors (Lipinski definition) is 1. The number of nitrogens with two attached hydrogens (primary N) is 1. The van der Waals surface area contributed by atoms with Gasteiger partial charge in [-0.25, -0.2) is 13.6 Å². The average molecular weight is 297 g/mol. The number of benzene rings is 1. The monoisotopic (exact) mass is 297 g/mol. The van der Waals surface area contributed by atoms with Crippen molar-refractivity contribution < 1.29 is 13.2 Å². The van der Waals surface area contributed by atoms with Crippen molar-refractivity contribution in [2.24, 2.45) is 5.14 Å². The first-order valence-electron chi connectivity index (χ1n) is 6.38. The van der Waals surface area contributed by atoms with E-state index in [1.807, 2.05) is 27.7 Å². The second kappa shape index (κ2) is 5.58. The molecule has 1 aromatic carbocycles. The van der Waals surface area contributed by atoms with Gasteiger partial charge >= 0.3 is 0 Å². The summed E-state index contributed by atoms with van der Waals surface area (Å²) >= 11 is 0. The minimum absolute atomic E-state index is 0.144. The Labute approximate surface area is 121 Å². The molecule has 0 aliphatic heterocycles. The molecule has 0 saturated carbocycles. The summed E-state index contributed by atoms with van der Waals surface area (Å²) in [6.45, 7) is 13.8. The maximum absolute atomic E-state index is 11.6. The van der Waals surface area contributed by atoms with E-state index < -0.39 is 10.0 Å². The molecule has 0 bridgehead atoms. The number of rotatable bonds is 4. The van der Waals surface area contributed by atoms with Gasteiger partial charge in [0.25, 0.3) is 0 Å². The molecule has 1 rings (SSSR count). The van der Waals surface area contributed by atoms with Gasteiger partial charge in [0, 0.05) is 5.56 Å². The highest BCUT2D eigenvalue weighted by Gasteiger charge is 2.23. The van der Waals surface area contributed by atoms with Crippen LogP contribution in [0.1, 0.15) is 38.8 Å². The molecular formula is C15H23NO3S. The molecule has 20 heavy (non-hydrogen) atoms. The van der Waals surface area contributed by atoms with Gasteiger partial charge in [-0.3, -0.25) is 0 Å². The molecule has 0 aliphatic rings. The van der Waals surface area contributed by atoms with Gasteiger partial charge in [-0.2, -0.15) is 0 Å². The molecule has 0 aromatic heterocycles. The van der Waals surface area contributed by atoms with Crippen LogP contribution >= 0.6 is 0 Å². The van der Waals surface area contributed by atoms with E-state index in [4.69, 9.17) is 9.88 Å². The van der Waals surface area contributed by atoms with Crippen molar-refractivity contribution in [2.45, 2.75) is 44.9 Å². The summed E-state index contributed by atoms with van der Waals surface area (Å²) in [6, 6.07) is 3.34. The first-order valence-corrected chi connectivity index (χ1v) is 7.92. The van der Waals surface area contributed by atoms with Crippen molar-refractivity contribution in [1.82, 2.24) is 0 Å². The second-order valence-corrected chi connectivity index (χ2v) is 7.68. The van der Waals surface area contributed by atoms with Crippen LogP contribution in [0, 0.1) is 6.92 Å². The zero-order chi connectivity index (χ0) is 15.7. The van der Waals surface area contributed by atoms with Gasteiger partial charge in [0.2, 0.25) is 10.0 Å². The normalized spacial score (nSPS) is 12.3. The van der Waals surface area contributed by atoms with E-state index in [-0.39, 0.29) is 10.3 Å². The largest absolute Gasteiger partial charge is 0.489 e. The summed E-state index contributed by atoms with van der Waals surface area (Å²) in [7, 11) is -3.74. The summed E-state index contributed by atoms with van der Waals surface area (Å²) in [5.41, 5.74) is 2.04. The zero-order valence-corrected chi connectivity index (χ0v) is 13.6. The molecule has 112 valence electrons. The van der Waals surface area contributed by atoms with E-state index in [0.717, 1.165) is 11.1 Å². The van der Waals surface area contributed by atoms with Gasteiger partial charge in [0.1, 0.15) is 12.4 Å². The Morgan fingerprint density at radius 3 is 2.30 bits per heavy atom. The van der Waals surface area contributed by atoms with Crippen LogP contribution in [0.3, 0.4) is 0 Å². The number of primary sulfonamides is 1. The first kappa shape index (κ1) is 16.7. The van der Waals surface area contributed by atoms with Gasteiger partial charge in [0.05, 0.1) is 4.90 Å². The number of sulfonamides is 1. The fourth-order valence-corrected chi connectivity index (χ4v) is 2.66. The summed E-state index contributed by atoms with van der Waals surface area (Å²) in [4.78, 5) is 0.144. The third-order valence-corrected chi connectivity index (χ3v) is 3.92. The maximum Gasteiger partial charge on any atom is 0.238 e. The topological polar surface area (TPSA) is 69.4 Å². The standard InChI is InChI=1S/C15H23NO3S/c1-10(2)9-19-13-7-11(3)14(20(16,17)18)8-12(13)15(4,5)6/h7-8H,1,9H2,2-6H3,(H2,16,17,18). The number of aryl methyl sites for hydroxylation is 1. The van der Waals surface area contributed by atoms with Crippen molar-refractivity contribution >= 4 is 10.0 Å². The fraction of sp³-hybridized carbons (Fsp3) is 0.467. The lowest BCUT2D eigenvalue weighted by atomic mass is 9.86. The lowest BCUT2D eigenvalue weighted by Gasteiger charge is -2.24. The molecule has 5 heteroatoms. The van der Waals surface area contributed by atoms with E-state index in [1.54, 1.807) is 19.1 Å². The van der Waals surface area contributed by atoms with Crippen LogP contribution in [0.25, 0.3) is 0 Å². The number of ether oxygens (including phenoxy) is 1. The highest BCUT2D eigenvalue weighted by molar-refractivity contribution is 7.89. The van der Waals surface area contributed by atoms with Crippen LogP contribution in [-0.4, -0.2) is 15.0 Å². The van der Waals surface area contributed by atoms with Crippen LogP contribution in [0.2, 0.25) is 0 Å². The molecule has 4 nitrogen and oxygen atoms in total. The van der Waals surface area contributed by atoms with Crippen LogP contribution in [0.5, 0.6) is 5.75 Å². The molecule has 0 heterocycles. The molecular weight excluding hydrogens is 274 g/mol. The van der Waals surface area contributed by atoms with E-state index in [1.165, 1.54) is 0 Å². The Morgan fingerprint density at radius 2 is 1.90 bits per heavy atom.